The first kappa shape index (κ1) is 20.0. The molecule has 0 radical (unpaired) electrons. The van der Waals surface area contributed by atoms with Gasteiger partial charge in [0, 0.05) is 42.9 Å². The molecule has 0 bridgehead atoms. The summed E-state index contributed by atoms with van der Waals surface area (Å²) in [5.41, 5.74) is 1.22. The third-order valence-electron chi connectivity index (χ3n) is 5.40. The number of nitrogens with one attached hydrogen (secondary N) is 1. The van der Waals surface area contributed by atoms with Crippen LogP contribution in [0.2, 0.25) is 0 Å². The van der Waals surface area contributed by atoms with Gasteiger partial charge in [-0.1, -0.05) is 22.0 Å². The van der Waals surface area contributed by atoms with Crippen molar-refractivity contribution in [1.29, 1.82) is 0 Å². The summed E-state index contributed by atoms with van der Waals surface area (Å²) >= 11 is 3.52. The smallest absolute Gasteiger partial charge is 0.317 e. The second kappa shape index (κ2) is 9.44. The van der Waals surface area contributed by atoms with Crippen molar-refractivity contribution in [1.82, 2.24) is 10.2 Å². The highest BCUT2D eigenvalue weighted by Crippen LogP contribution is 2.26. The van der Waals surface area contributed by atoms with Crippen LogP contribution >= 0.6 is 15.9 Å². The highest BCUT2D eigenvalue weighted by atomic mass is 79.9. The second-order valence-corrected chi connectivity index (χ2v) is 8.20. The number of halogens is 1. The Hall–Kier alpha value is -1.76. The van der Waals surface area contributed by atoms with E-state index in [-0.39, 0.29) is 17.9 Å². The van der Waals surface area contributed by atoms with Crippen molar-refractivity contribution >= 4 is 33.6 Å². The number of nitrogens with zero attached hydrogens (tertiary/aromatic N) is 2. The van der Waals surface area contributed by atoms with E-state index in [2.05, 4.69) is 44.3 Å². The summed E-state index contributed by atoms with van der Waals surface area (Å²) in [6.45, 7) is 6.14. The number of likely N-dealkylation sites (tertiary alicyclic amines) is 1. The van der Waals surface area contributed by atoms with Crippen LogP contribution in [0.4, 0.5) is 10.5 Å². The molecule has 1 unspecified atom stereocenters. The Bertz CT molecular complexity index is 662. The van der Waals surface area contributed by atoms with E-state index < -0.39 is 0 Å². The Labute approximate surface area is 169 Å². The normalized spacial score (nSPS) is 20.6. The average Bonchev–Trinajstić information content (AvgIpc) is 3.15. The van der Waals surface area contributed by atoms with E-state index in [1.807, 2.05) is 17.9 Å². The molecule has 27 heavy (non-hydrogen) atoms. The molecule has 6 nitrogen and oxygen atoms in total. The van der Waals surface area contributed by atoms with E-state index in [1.165, 1.54) is 5.69 Å². The fraction of sp³-hybridized carbons (Fsp3) is 0.600. The third kappa shape index (κ3) is 5.37. The predicted octanol–water partition coefficient (Wildman–Crippen LogP) is 3.26. The lowest BCUT2D eigenvalue weighted by molar-refractivity contribution is -0.149. The van der Waals surface area contributed by atoms with Crippen molar-refractivity contribution in [3.63, 3.8) is 0 Å². The summed E-state index contributed by atoms with van der Waals surface area (Å²) < 4.78 is 6.17. The standard InChI is InChI=1S/C20H28BrN3O3/c1-2-27-19(25)16-7-10-23(11-8-16)20(26)22-13-15-6-9-24(14-15)18-5-3-4-17(21)12-18/h3-5,12,15-16H,2,6-11,13-14H2,1H3,(H,22,26). The first-order chi connectivity index (χ1) is 13.1. The van der Waals surface area contributed by atoms with Crippen LogP contribution in [0.25, 0.3) is 0 Å². The summed E-state index contributed by atoms with van der Waals surface area (Å²) in [5, 5.41) is 3.08. The molecule has 2 saturated heterocycles. The number of piperidine rings is 1. The molecule has 1 atom stereocenters. The van der Waals surface area contributed by atoms with Gasteiger partial charge in [-0.15, -0.1) is 0 Å². The molecule has 1 N–H and O–H groups in total. The molecule has 148 valence electrons. The number of ether oxygens (including phenoxy) is 1. The first-order valence-corrected chi connectivity index (χ1v) is 10.6. The lowest BCUT2D eigenvalue weighted by Crippen LogP contribution is -2.46. The van der Waals surface area contributed by atoms with E-state index in [4.69, 9.17) is 4.74 Å². The van der Waals surface area contributed by atoms with Crippen molar-refractivity contribution in [3.8, 4) is 0 Å². The number of amides is 2. The van der Waals surface area contributed by atoms with Gasteiger partial charge >= 0.3 is 12.0 Å². The van der Waals surface area contributed by atoms with Gasteiger partial charge in [-0.3, -0.25) is 4.79 Å². The van der Waals surface area contributed by atoms with Crippen LogP contribution in [-0.4, -0.2) is 56.2 Å². The minimum Gasteiger partial charge on any atom is -0.466 e. The highest BCUT2D eigenvalue weighted by molar-refractivity contribution is 9.10. The molecule has 0 spiro atoms. The van der Waals surface area contributed by atoms with E-state index in [1.54, 1.807) is 0 Å². The largest absolute Gasteiger partial charge is 0.466 e. The number of esters is 1. The Morgan fingerprint density at radius 1 is 1.22 bits per heavy atom. The molecule has 2 fully saturated rings. The van der Waals surface area contributed by atoms with Gasteiger partial charge in [-0.25, -0.2) is 4.79 Å². The van der Waals surface area contributed by atoms with Crippen molar-refractivity contribution in [3.05, 3.63) is 28.7 Å². The fourth-order valence-electron chi connectivity index (χ4n) is 3.83. The van der Waals surface area contributed by atoms with Crippen LogP contribution in [0, 0.1) is 11.8 Å². The van der Waals surface area contributed by atoms with Crippen LogP contribution < -0.4 is 10.2 Å². The summed E-state index contributed by atoms with van der Waals surface area (Å²) in [5.74, 6) is 0.267. The Morgan fingerprint density at radius 2 is 2.00 bits per heavy atom. The number of carbonyl (C=O) groups excluding carboxylic acids is 2. The number of urea groups is 1. The van der Waals surface area contributed by atoms with Gasteiger partial charge in [0.2, 0.25) is 0 Å². The SMILES string of the molecule is CCOC(=O)C1CCN(C(=O)NCC2CCN(c3cccc(Br)c3)C2)CC1. The number of hydrogen-bond acceptors (Lipinski definition) is 4. The monoisotopic (exact) mass is 437 g/mol. The number of rotatable bonds is 5. The van der Waals surface area contributed by atoms with Crippen LogP contribution in [-0.2, 0) is 9.53 Å². The highest BCUT2D eigenvalue weighted by Gasteiger charge is 2.29. The number of carbonyl (C=O) groups is 2. The van der Waals surface area contributed by atoms with Crippen molar-refractivity contribution in [2.75, 3.05) is 44.2 Å². The minimum atomic E-state index is -0.129. The molecular formula is C20H28BrN3O3. The van der Waals surface area contributed by atoms with E-state index in [0.29, 0.717) is 45.0 Å². The Morgan fingerprint density at radius 3 is 2.70 bits per heavy atom. The van der Waals surface area contributed by atoms with Gasteiger partial charge < -0.3 is 19.9 Å². The second-order valence-electron chi connectivity index (χ2n) is 7.28. The van der Waals surface area contributed by atoms with Crippen LogP contribution in [0.3, 0.4) is 0 Å². The van der Waals surface area contributed by atoms with Crippen molar-refractivity contribution in [2.24, 2.45) is 11.8 Å². The van der Waals surface area contributed by atoms with Crippen LogP contribution in [0.1, 0.15) is 26.2 Å². The molecular weight excluding hydrogens is 410 g/mol. The number of benzene rings is 1. The molecule has 7 heteroatoms. The summed E-state index contributed by atoms with van der Waals surface area (Å²) in [4.78, 5) is 28.4. The number of anilines is 1. The third-order valence-corrected chi connectivity index (χ3v) is 5.90. The summed E-state index contributed by atoms with van der Waals surface area (Å²) in [6, 6.07) is 8.32. The van der Waals surface area contributed by atoms with Crippen LogP contribution in [0.15, 0.2) is 28.7 Å². The molecule has 1 aromatic carbocycles. The maximum Gasteiger partial charge on any atom is 0.317 e. The zero-order chi connectivity index (χ0) is 19.2. The zero-order valence-corrected chi connectivity index (χ0v) is 17.4. The molecule has 2 heterocycles. The fourth-order valence-corrected chi connectivity index (χ4v) is 4.22. The van der Waals surface area contributed by atoms with E-state index in [0.717, 1.165) is 24.0 Å². The van der Waals surface area contributed by atoms with Gasteiger partial charge in [0.15, 0.2) is 0 Å². The van der Waals surface area contributed by atoms with Gasteiger partial charge in [-0.05, 0) is 50.3 Å². The van der Waals surface area contributed by atoms with Gasteiger partial charge in [0.05, 0.1) is 12.5 Å². The summed E-state index contributed by atoms with van der Waals surface area (Å²) in [6.07, 6.45) is 2.45. The molecule has 1 aromatic rings. The molecule has 0 saturated carbocycles. The van der Waals surface area contributed by atoms with E-state index in [9.17, 15) is 9.59 Å². The van der Waals surface area contributed by atoms with Gasteiger partial charge in [0.1, 0.15) is 0 Å². The van der Waals surface area contributed by atoms with Gasteiger partial charge in [-0.2, -0.15) is 0 Å². The quantitative estimate of drug-likeness (QED) is 0.717. The van der Waals surface area contributed by atoms with Crippen LogP contribution in [0.5, 0.6) is 0 Å². The van der Waals surface area contributed by atoms with Gasteiger partial charge in [0.25, 0.3) is 0 Å². The zero-order valence-electron chi connectivity index (χ0n) is 15.8. The molecule has 3 rings (SSSR count). The predicted molar refractivity (Wildman–Crippen MR) is 109 cm³/mol. The lowest BCUT2D eigenvalue weighted by Gasteiger charge is -2.31. The average molecular weight is 438 g/mol. The van der Waals surface area contributed by atoms with Crippen molar-refractivity contribution < 1.29 is 14.3 Å². The molecule has 0 aliphatic carbocycles. The first-order valence-electron chi connectivity index (χ1n) is 9.76. The molecule has 2 aliphatic heterocycles. The lowest BCUT2D eigenvalue weighted by atomic mass is 9.97. The topological polar surface area (TPSA) is 61.9 Å². The number of hydrogen-bond donors (Lipinski definition) is 1. The van der Waals surface area contributed by atoms with Crippen molar-refractivity contribution in [2.45, 2.75) is 26.2 Å². The molecule has 2 amide bonds. The minimum absolute atomic E-state index is 0.0155. The molecule has 0 aromatic heterocycles. The maximum atomic E-state index is 12.4. The Balaban J connectivity index is 1.39. The summed E-state index contributed by atoms with van der Waals surface area (Å²) in [7, 11) is 0. The molecule has 2 aliphatic rings. The van der Waals surface area contributed by atoms with E-state index >= 15 is 0 Å². The maximum absolute atomic E-state index is 12.4. The Kier molecular flexibility index (Phi) is 6.99.